The number of aromatic nitrogens is 1. The quantitative estimate of drug-likeness (QED) is 0.670. The number of amides is 1. The highest BCUT2D eigenvalue weighted by atomic mass is 16.2. The first kappa shape index (κ1) is 16.7. The van der Waals surface area contributed by atoms with Crippen LogP contribution in [-0.2, 0) is 0 Å². The molecule has 2 heterocycles. The Labute approximate surface area is 144 Å². The molecule has 1 atom stereocenters. The molecule has 2 aromatic rings. The van der Waals surface area contributed by atoms with E-state index in [-0.39, 0.29) is 11.9 Å². The number of rotatable bonds is 6. The number of carbonyl (C=O) groups excluding carboxylic acids is 1. The van der Waals surface area contributed by atoms with E-state index in [0.29, 0.717) is 0 Å². The lowest BCUT2D eigenvalue weighted by atomic mass is 9.95. The molecule has 0 saturated carbocycles. The predicted octanol–water partition coefficient (Wildman–Crippen LogP) is 5.37. The third-order valence-electron chi connectivity index (χ3n) is 5.04. The maximum Gasteiger partial charge on any atom is 0.259 e. The number of benzene rings is 1. The Morgan fingerprint density at radius 1 is 1.12 bits per heavy atom. The second-order valence-electron chi connectivity index (χ2n) is 6.78. The third-order valence-corrected chi connectivity index (χ3v) is 5.04. The maximum absolute atomic E-state index is 13.1. The van der Waals surface area contributed by atoms with Crippen molar-refractivity contribution in [2.75, 3.05) is 4.90 Å². The van der Waals surface area contributed by atoms with E-state index in [2.05, 4.69) is 37.9 Å². The Kier molecular flexibility index (Phi) is 4.98. The van der Waals surface area contributed by atoms with Crippen LogP contribution in [0.5, 0.6) is 0 Å². The first-order chi connectivity index (χ1) is 11.6. The molecule has 0 spiro atoms. The third kappa shape index (κ3) is 3.08. The second kappa shape index (κ2) is 7.16. The molecule has 1 aromatic carbocycles. The summed E-state index contributed by atoms with van der Waals surface area (Å²) < 4.78 is 0. The van der Waals surface area contributed by atoms with Gasteiger partial charge in [0.2, 0.25) is 0 Å². The van der Waals surface area contributed by atoms with Crippen LogP contribution in [0.3, 0.4) is 0 Å². The molecule has 0 aliphatic carbocycles. The van der Waals surface area contributed by atoms with Gasteiger partial charge < -0.3 is 0 Å². The zero-order chi connectivity index (χ0) is 17.1. The summed E-state index contributed by atoms with van der Waals surface area (Å²) >= 11 is 0. The Hall–Kier alpha value is -2.16. The molecule has 1 amide bonds. The van der Waals surface area contributed by atoms with Gasteiger partial charge in [-0.1, -0.05) is 38.7 Å². The molecule has 1 unspecified atom stereocenters. The highest BCUT2D eigenvalue weighted by Crippen LogP contribution is 2.41. The van der Waals surface area contributed by atoms with Crippen molar-refractivity contribution in [3.8, 4) is 0 Å². The molecule has 126 valence electrons. The molecule has 0 bridgehead atoms. The molecule has 3 rings (SSSR count). The van der Waals surface area contributed by atoms with Crippen LogP contribution in [0.25, 0.3) is 0 Å². The van der Waals surface area contributed by atoms with Gasteiger partial charge in [-0.2, -0.15) is 0 Å². The van der Waals surface area contributed by atoms with E-state index < -0.39 is 0 Å². The summed E-state index contributed by atoms with van der Waals surface area (Å²) in [5.41, 5.74) is 5.38. The minimum absolute atomic E-state index is 0.113. The summed E-state index contributed by atoms with van der Waals surface area (Å²) in [5, 5.41) is 0. The Bertz CT molecular complexity index is 724. The Balaban J connectivity index is 1.96. The topological polar surface area (TPSA) is 33.2 Å². The molecule has 1 aromatic heterocycles. The fraction of sp³-hybridized carbons (Fsp3) is 0.429. The van der Waals surface area contributed by atoms with Gasteiger partial charge in [0.1, 0.15) is 0 Å². The van der Waals surface area contributed by atoms with Gasteiger partial charge in [0.25, 0.3) is 5.91 Å². The van der Waals surface area contributed by atoms with Crippen LogP contribution in [-0.4, -0.2) is 10.9 Å². The van der Waals surface area contributed by atoms with Crippen molar-refractivity contribution in [1.82, 2.24) is 4.98 Å². The summed E-state index contributed by atoms with van der Waals surface area (Å²) in [5.74, 6) is 0.113. The number of unbranched alkanes of at least 4 members (excludes halogenated alkanes) is 3. The first-order valence-corrected chi connectivity index (χ1v) is 8.98. The van der Waals surface area contributed by atoms with Crippen molar-refractivity contribution in [2.45, 2.75) is 58.9 Å². The van der Waals surface area contributed by atoms with Gasteiger partial charge in [0.15, 0.2) is 0 Å². The molecule has 24 heavy (non-hydrogen) atoms. The minimum Gasteiger partial charge on any atom is -0.299 e. The monoisotopic (exact) mass is 322 g/mol. The van der Waals surface area contributed by atoms with Crippen LogP contribution in [0.1, 0.15) is 72.1 Å². The lowest BCUT2D eigenvalue weighted by molar-refractivity contribution is 0.0990. The molecule has 3 heteroatoms. The van der Waals surface area contributed by atoms with Crippen LogP contribution < -0.4 is 4.90 Å². The lowest BCUT2D eigenvalue weighted by Gasteiger charge is -2.25. The molecule has 1 aliphatic heterocycles. The Morgan fingerprint density at radius 3 is 2.62 bits per heavy atom. The fourth-order valence-electron chi connectivity index (χ4n) is 3.55. The van der Waals surface area contributed by atoms with E-state index in [0.717, 1.165) is 24.1 Å². The average Bonchev–Trinajstić information content (AvgIpc) is 2.85. The van der Waals surface area contributed by atoms with Crippen molar-refractivity contribution in [3.05, 3.63) is 58.9 Å². The van der Waals surface area contributed by atoms with Gasteiger partial charge in [0, 0.05) is 11.8 Å². The number of anilines is 1. The predicted molar refractivity (Wildman–Crippen MR) is 98.5 cm³/mol. The number of fused-ring (bicyclic) bond motifs is 1. The average molecular weight is 322 g/mol. The number of pyridine rings is 1. The van der Waals surface area contributed by atoms with Crippen LogP contribution in [0, 0.1) is 13.8 Å². The van der Waals surface area contributed by atoms with Gasteiger partial charge in [-0.3, -0.25) is 14.7 Å². The van der Waals surface area contributed by atoms with Gasteiger partial charge in [-0.05, 0) is 55.2 Å². The SMILES string of the molecule is CCCCCCC1c2cc(C)c(C)cc2C(=O)N1c1cccnc1. The van der Waals surface area contributed by atoms with Crippen molar-refractivity contribution in [3.63, 3.8) is 0 Å². The number of hydrogen-bond acceptors (Lipinski definition) is 2. The summed E-state index contributed by atoms with van der Waals surface area (Å²) in [4.78, 5) is 19.2. The molecule has 0 fully saturated rings. The minimum atomic E-state index is 0.113. The van der Waals surface area contributed by atoms with E-state index in [9.17, 15) is 4.79 Å². The zero-order valence-corrected chi connectivity index (χ0v) is 14.9. The summed E-state index contributed by atoms with van der Waals surface area (Å²) in [6.45, 7) is 6.43. The number of nitrogens with zero attached hydrogens (tertiary/aromatic N) is 2. The van der Waals surface area contributed by atoms with Crippen molar-refractivity contribution < 1.29 is 4.79 Å². The summed E-state index contributed by atoms with van der Waals surface area (Å²) in [7, 11) is 0. The summed E-state index contributed by atoms with van der Waals surface area (Å²) in [6.07, 6.45) is 9.41. The van der Waals surface area contributed by atoms with Gasteiger partial charge in [-0.25, -0.2) is 0 Å². The zero-order valence-electron chi connectivity index (χ0n) is 14.9. The lowest BCUT2D eigenvalue weighted by Crippen LogP contribution is -2.27. The van der Waals surface area contributed by atoms with Crippen molar-refractivity contribution >= 4 is 11.6 Å². The number of carbonyl (C=O) groups is 1. The van der Waals surface area contributed by atoms with Gasteiger partial charge in [0.05, 0.1) is 17.9 Å². The molecule has 1 aliphatic rings. The smallest absolute Gasteiger partial charge is 0.259 e. The maximum atomic E-state index is 13.1. The Morgan fingerprint density at radius 2 is 1.92 bits per heavy atom. The molecular formula is C21H26N2O. The van der Waals surface area contributed by atoms with E-state index in [4.69, 9.17) is 0 Å². The largest absolute Gasteiger partial charge is 0.299 e. The number of hydrogen-bond donors (Lipinski definition) is 0. The fourth-order valence-corrected chi connectivity index (χ4v) is 3.55. The molecule has 3 nitrogen and oxygen atoms in total. The van der Waals surface area contributed by atoms with Crippen molar-refractivity contribution in [1.29, 1.82) is 0 Å². The highest BCUT2D eigenvalue weighted by molar-refractivity contribution is 6.11. The normalized spacial score (nSPS) is 16.5. The molecule has 0 saturated heterocycles. The van der Waals surface area contributed by atoms with Crippen LogP contribution in [0.2, 0.25) is 0 Å². The molecular weight excluding hydrogens is 296 g/mol. The summed E-state index contributed by atoms with van der Waals surface area (Å²) in [6, 6.07) is 8.28. The highest BCUT2D eigenvalue weighted by Gasteiger charge is 2.37. The second-order valence-corrected chi connectivity index (χ2v) is 6.78. The van der Waals surface area contributed by atoms with Crippen molar-refractivity contribution in [2.24, 2.45) is 0 Å². The van der Waals surface area contributed by atoms with E-state index >= 15 is 0 Å². The first-order valence-electron chi connectivity index (χ1n) is 8.98. The molecule has 0 radical (unpaired) electrons. The van der Waals surface area contributed by atoms with E-state index in [1.807, 2.05) is 17.0 Å². The standard InChI is InChI=1S/C21H26N2O/c1-4-5-6-7-10-20-18-12-15(2)16(3)13-19(18)21(24)23(20)17-9-8-11-22-14-17/h8-9,11-14,20H,4-7,10H2,1-3H3. The van der Waals surface area contributed by atoms with Gasteiger partial charge >= 0.3 is 0 Å². The van der Waals surface area contributed by atoms with E-state index in [1.165, 1.54) is 36.0 Å². The van der Waals surface area contributed by atoms with Crippen LogP contribution in [0.4, 0.5) is 5.69 Å². The number of aryl methyl sites for hydroxylation is 2. The van der Waals surface area contributed by atoms with Gasteiger partial charge in [-0.15, -0.1) is 0 Å². The van der Waals surface area contributed by atoms with Crippen LogP contribution >= 0.6 is 0 Å². The van der Waals surface area contributed by atoms with E-state index in [1.54, 1.807) is 12.4 Å². The molecule has 0 N–H and O–H groups in total. The van der Waals surface area contributed by atoms with Crippen LogP contribution in [0.15, 0.2) is 36.7 Å².